The number of hydrogen-bond donors (Lipinski definition) is 1. The van der Waals surface area contributed by atoms with Gasteiger partial charge in [0.15, 0.2) is 0 Å². The second kappa shape index (κ2) is 5.56. The molecule has 1 aromatic heterocycles. The van der Waals surface area contributed by atoms with Crippen molar-refractivity contribution in [1.29, 1.82) is 0 Å². The SMILES string of the molecule is COc1ccccc1CCn1cnc(C)c1C(=O)O. The topological polar surface area (TPSA) is 64.4 Å². The zero-order valence-corrected chi connectivity index (χ0v) is 11.0. The third-order valence-corrected chi connectivity index (χ3v) is 3.04. The molecule has 19 heavy (non-hydrogen) atoms. The van der Waals surface area contributed by atoms with Crippen LogP contribution in [0.2, 0.25) is 0 Å². The van der Waals surface area contributed by atoms with Gasteiger partial charge in [-0.05, 0) is 25.0 Å². The standard InChI is InChI=1S/C14H16N2O3/c1-10-13(14(17)18)16(9-15-10)8-7-11-5-3-4-6-12(11)19-2/h3-6,9H,7-8H2,1-2H3,(H,17,18). The molecule has 0 fully saturated rings. The van der Waals surface area contributed by atoms with E-state index in [1.165, 1.54) is 0 Å². The van der Waals surface area contributed by atoms with Crippen molar-refractivity contribution >= 4 is 5.97 Å². The minimum Gasteiger partial charge on any atom is -0.496 e. The molecular weight excluding hydrogens is 244 g/mol. The molecule has 5 heteroatoms. The number of carbonyl (C=O) groups is 1. The van der Waals surface area contributed by atoms with Crippen molar-refractivity contribution < 1.29 is 14.6 Å². The third-order valence-electron chi connectivity index (χ3n) is 3.04. The van der Waals surface area contributed by atoms with Crippen LogP contribution in [0, 0.1) is 6.92 Å². The van der Waals surface area contributed by atoms with Crippen LogP contribution in [0.4, 0.5) is 0 Å². The molecule has 2 aromatic rings. The average molecular weight is 260 g/mol. The van der Waals surface area contributed by atoms with E-state index in [9.17, 15) is 4.79 Å². The first kappa shape index (κ1) is 13.1. The number of benzene rings is 1. The summed E-state index contributed by atoms with van der Waals surface area (Å²) in [5, 5.41) is 9.15. The Balaban J connectivity index is 2.17. The van der Waals surface area contributed by atoms with Gasteiger partial charge in [0.25, 0.3) is 0 Å². The number of aromatic nitrogens is 2. The fourth-order valence-corrected chi connectivity index (χ4v) is 2.08. The molecule has 0 aliphatic rings. The van der Waals surface area contributed by atoms with Crippen LogP contribution >= 0.6 is 0 Å². The number of carboxylic acid groups (broad SMARTS) is 1. The summed E-state index contributed by atoms with van der Waals surface area (Å²) < 4.78 is 6.93. The van der Waals surface area contributed by atoms with Crippen molar-refractivity contribution in [1.82, 2.24) is 9.55 Å². The molecule has 0 spiro atoms. The molecule has 5 nitrogen and oxygen atoms in total. The highest BCUT2D eigenvalue weighted by Gasteiger charge is 2.14. The summed E-state index contributed by atoms with van der Waals surface area (Å²) >= 11 is 0. The predicted molar refractivity (Wildman–Crippen MR) is 70.6 cm³/mol. The van der Waals surface area contributed by atoms with Crippen LogP contribution in [0.1, 0.15) is 21.7 Å². The number of hydrogen-bond acceptors (Lipinski definition) is 3. The number of ether oxygens (including phenoxy) is 1. The van der Waals surface area contributed by atoms with Crippen LogP contribution in [-0.4, -0.2) is 27.7 Å². The largest absolute Gasteiger partial charge is 0.496 e. The number of aryl methyl sites for hydroxylation is 3. The molecule has 1 aromatic carbocycles. The van der Waals surface area contributed by atoms with Gasteiger partial charge in [-0.3, -0.25) is 0 Å². The Labute approximate surface area is 111 Å². The van der Waals surface area contributed by atoms with Crippen LogP contribution in [-0.2, 0) is 13.0 Å². The van der Waals surface area contributed by atoms with Crippen molar-refractivity contribution in [2.24, 2.45) is 0 Å². The van der Waals surface area contributed by atoms with Gasteiger partial charge in [-0.25, -0.2) is 9.78 Å². The van der Waals surface area contributed by atoms with Gasteiger partial charge in [-0.15, -0.1) is 0 Å². The molecule has 0 aliphatic heterocycles. The smallest absolute Gasteiger partial charge is 0.354 e. The molecule has 0 atom stereocenters. The van der Waals surface area contributed by atoms with E-state index in [1.54, 1.807) is 24.9 Å². The predicted octanol–water partition coefficient (Wildman–Crippen LogP) is 2.14. The van der Waals surface area contributed by atoms with Gasteiger partial charge in [0.2, 0.25) is 0 Å². The maximum Gasteiger partial charge on any atom is 0.354 e. The molecule has 0 aliphatic carbocycles. The molecule has 1 heterocycles. The summed E-state index contributed by atoms with van der Waals surface area (Å²) in [6.07, 6.45) is 2.26. The van der Waals surface area contributed by atoms with E-state index in [2.05, 4.69) is 4.98 Å². The molecule has 0 bridgehead atoms. The van der Waals surface area contributed by atoms with E-state index in [0.29, 0.717) is 18.7 Å². The zero-order valence-electron chi connectivity index (χ0n) is 11.0. The van der Waals surface area contributed by atoms with E-state index in [1.807, 2.05) is 24.3 Å². The Morgan fingerprint density at radius 3 is 2.84 bits per heavy atom. The zero-order chi connectivity index (χ0) is 13.8. The molecule has 0 amide bonds. The van der Waals surface area contributed by atoms with Crippen molar-refractivity contribution in [2.75, 3.05) is 7.11 Å². The molecule has 0 saturated heterocycles. The summed E-state index contributed by atoms with van der Waals surface area (Å²) in [6.45, 7) is 2.26. The van der Waals surface area contributed by atoms with E-state index in [0.717, 1.165) is 11.3 Å². The summed E-state index contributed by atoms with van der Waals surface area (Å²) in [7, 11) is 1.63. The highest BCUT2D eigenvalue weighted by atomic mass is 16.5. The van der Waals surface area contributed by atoms with Gasteiger partial charge in [0.1, 0.15) is 11.4 Å². The van der Waals surface area contributed by atoms with Crippen LogP contribution in [0.15, 0.2) is 30.6 Å². The fourth-order valence-electron chi connectivity index (χ4n) is 2.08. The van der Waals surface area contributed by atoms with Gasteiger partial charge in [0.05, 0.1) is 19.1 Å². The molecular formula is C14H16N2O3. The molecule has 0 unspecified atom stereocenters. The number of aromatic carboxylic acids is 1. The van der Waals surface area contributed by atoms with Gasteiger partial charge in [0, 0.05) is 6.54 Å². The minimum absolute atomic E-state index is 0.245. The van der Waals surface area contributed by atoms with Crippen molar-refractivity contribution in [2.45, 2.75) is 19.9 Å². The molecule has 0 radical (unpaired) electrons. The maximum absolute atomic E-state index is 11.2. The normalized spacial score (nSPS) is 10.4. The number of nitrogens with zero attached hydrogens (tertiary/aromatic N) is 2. The summed E-state index contributed by atoms with van der Waals surface area (Å²) in [5.41, 5.74) is 1.83. The second-order valence-electron chi connectivity index (χ2n) is 4.24. The summed E-state index contributed by atoms with van der Waals surface area (Å²) in [6, 6.07) is 7.72. The lowest BCUT2D eigenvalue weighted by molar-refractivity contribution is 0.0684. The van der Waals surface area contributed by atoms with Crippen LogP contribution in [0.3, 0.4) is 0 Å². The minimum atomic E-state index is -0.949. The monoisotopic (exact) mass is 260 g/mol. The molecule has 2 rings (SSSR count). The lowest BCUT2D eigenvalue weighted by atomic mass is 10.1. The molecule has 1 N–H and O–H groups in total. The van der Waals surface area contributed by atoms with Crippen molar-refractivity contribution in [3.8, 4) is 5.75 Å². The third kappa shape index (κ3) is 2.76. The Morgan fingerprint density at radius 1 is 1.42 bits per heavy atom. The lowest BCUT2D eigenvalue weighted by Gasteiger charge is -2.09. The van der Waals surface area contributed by atoms with Crippen LogP contribution in [0.25, 0.3) is 0 Å². The van der Waals surface area contributed by atoms with Crippen molar-refractivity contribution in [3.63, 3.8) is 0 Å². The first-order valence-corrected chi connectivity index (χ1v) is 6.00. The summed E-state index contributed by atoms with van der Waals surface area (Å²) in [4.78, 5) is 15.2. The number of imidazole rings is 1. The molecule has 100 valence electrons. The van der Waals surface area contributed by atoms with Crippen LogP contribution in [0.5, 0.6) is 5.75 Å². The van der Waals surface area contributed by atoms with Crippen LogP contribution < -0.4 is 4.74 Å². The number of rotatable bonds is 5. The van der Waals surface area contributed by atoms with E-state index in [-0.39, 0.29) is 5.69 Å². The highest BCUT2D eigenvalue weighted by Crippen LogP contribution is 2.19. The number of carboxylic acids is 1. The summed E-state index contributed by atoms with van der Waals surface area (Å²) in [5.74, 6) is -0.133. The first-order chi connectivity index (χ1) is 9.13. The van der Waals surface area contributed by atoms with E-state index >= 15 is 0 Å². The van der Waals surface area contributed by atoms with Gasteiger partial charge in [-0.1, -0.05) is 18.2 Å². The Kier molecular flexibility index (Phi) is 3.85. The molecule has 0 saturated carbocycles. The van der Waals surface area contributed by atoms with Gasteiger partial charge < -0.3 is 14.4 Å². The van der Waals surface area contributed by atoms with E-state index < -0.39 is 5.97 Å². The van der Waals surface area contributed by atoms with Crippen molar-refractivity contribution in [3.05, 3.63) is 47.5 Å². The fraction of sp³-hybridized carbons (Fsp3) is 0.286. The van der Waals surface area contributed by atoms with E-state index in [4.69, 9.17) is 9.84 Å². The lowest BCUT2D eigenvalue weighted by Crippen LogP contribution is -2.11. The average Bonchev–Trinajstić information content (AvgIpc) is 2.78. The highest BCUT2D eigenvalue weighted by molar-refractivity contribution is 5.86. The Hall–Kier alpha value is -2.30. The maximum atomic E-state index is 11.2. The first-order valence-electron chi connectivity index (χ1n) is 6.00. The second-order valence-corrected chi connectivity index (χ2v) is 4.24. The Morgan fingerprint density at radius 2 is 2.16 bits per heavy atom. The number of methoxy groups -OCH3 is 1. The van der Waals surface area contributed by atoms with Gasteiger partial charge >= 0.3 is 5.97 Å². The Bertz CT molecular complexity index is 590. The van der Waals surface area contributed by atoms with Gasteiger partial charge in [-0.2, -0.15) is 0 Å². The quantitative estimate of drug-likeness (QED) is 0.894. The number of para-hydroxylation sites is 1.